The first-order valence-electron chi connectivity index (χ1n) is 6.06. The fraction of sp³-hybridized carbons (Fsp3) is 1.00. The van der Waals surface area contributed by atoms with E-state index in [9.17, 15) is 19.1 Å². The predicted molar refractivity (Wildman–Crippen MR) is 65.9 cm³/mol. The van der Waals surface area contributed by atoms with Crippen LogP contribution < -0.4 is 40.2 Å². The van der Waals surface area contributed by atoms with Gasteiger partial charge in [-0.05, 0) is 44.6 Å². The molecule has 20 heavy (non-hydrogen) atoms. The SMILES string of the molecule is NCCC1CCC(C(O)(P(=O)([O-])O)P(=O)(O)O)CC1.[Na+]. The van der Waals surface area contributed by atoms with E-state index in [4.69, 9.17) is 20.4 Å². The summed E-state index contributed by atoms with van der Waals surface area (Å²) in [6, 6.07) is 0. The van der Waals surface area contributed by atoms with E-state index < -0.39 is 26.2 Å². The first-order chi connectivity index (χ1) is 8.54. The second-order valence-corrected chi connectivity index (χ2v) is 8.89. The van der Waals surface area contributed by atoms with E-state index in [1.165, 1.54) is 0 Å². The van der Waals surface area contributed by atoms with Gasteiger partial charge in [-0.1, -0.05) is 0 Å². The summed E-state index contributed by atoms with van der Waals surface area (Å²) in [6.07, 6.45) is 2.03. The smallest absolute Gasteiger partial charge is 0.776 e. The van der Waals surface area contributed by atoms with Crippen LogP contribution in [0.2, 0.25) is 0 Å². The third kappa shape index (κ3) is 4.37. The van der Waals surface area contributed by atoms with Crippen LogP contribution in [-0.2, 0) is 9.13 Å². The molecule has 1 aliphatic rings. The van der Waals surface area contributed by atoms with E-state index >= 15 is 0 Å². The first-order valence-corrected chi connectivity index (χ1v) is 9.25. The summed E-state index contributed by atoms with van der Waals surface area (Å²) in [4.78, 5) is 38.5. The summed E-state index contributed by atoms with van der Waals surface area (Å²) in [5, 5.41) is 6.53. The van der Waals surface area contributed by atoms with Gasteiger partial charge in [0.05, 0.1) is 0 Å². The third-order valence-electron chi connectivity index (χ3n) is 3.81. The van der Waals surface area contributed by atoms with Gasteiger partial charge in [0.25, 0.3) is 0 Å². The molecular weight excluding hydrogens is 319 g/mol. The van der Waals surface area contributed by atoms with E-state index in [-0.39, 0.29) is 48.3 Å². The van der Waals surface area contributed by atoms with Crippen molar-refractivity contribution in [2.45, 2.75) is 37.2 Å². The molecule has 0 spiro atoms. The second kappa shape index (κ2) is 7.66. The van der Waals surface area contributed by atoms with Gasteiger partial charge in [0.2, 0.25) is 5.08 Å². The Balaban J connectivity index is 0.00000361. The maximum Gasteiger partial charge on any atom is 1.00 e. The van der Waals surface area contributed by atoms with E-state index in [1.807, 2.05) is 0 Å². The molecule has 0 aromatic heterocycles. The molecule has 0 saturated heterocycles. The molecule has 0 aliphatic heterocycles. The zero-order valence-electron chi connectivity index (χ0n) is 11.4. The minimum Gasteiger partial charge on any atom is -0.776 e. The van der Waals surface area contributed by atoms with Crippen LogP contribution in [0.1, 0.15) is 32.1 Å². The number of hydrogen-bond acceptors (Lipinski definition) is 5. The molecule has 0 amide bonds. The van der Waals surface area contributed by atoms with Gasteiger partial charge in [0.1, 0.15) is 0 Å². The average Bonchev–Trinajstić information content (AvgIpc) is 2.26. The number of aliphatic hydroxyl groups is 1. The van der Waals surface area contributed by atoms with E-state index in [0.29, 0.717) is 19.4 Å². The van der Waals surface area contributed by atoms with Crippen LogP contribution in [-0.4, -0.2) is 31.4 Å². The van der Waals surface area contributed by atoms with Crippen LogP contribution in [0.15, 0.2) is 0 Å². The van der Waals surface area contributed by atoms with Crippen molar-refractivity contribution in [1.29, 1.82) is 0 Å². The Kier molecular flexibility index (Phi) is 8.13. The van der Waals surface area contributed by atoms with Crippen molar-refractivity contribution < 1.29 is 63.4 Å². The van der Waals surface area contributed by atoms with Crippen LogP contribution in [0, 0.1) is 11.8 Å². The Bertz CT molecular complexity index is 379. The van der Waals surface area contributed by atoms with Crippen LogP contribution in [0.5, 0.6) is 0 Å². The van der Waals surface area contributed by atoms with Gasteiger partial charge in [-0.3, -0.25) is 4.57 Å². The topological polar surface area (TPSA) is 164 Å². The Morgan fingerprint density at radius 1 is 1.15 bits per heavy atom. The number of rotatable bonds is 5. The van der Waals surface area contributed by atoms with Gasteiger partial charge < -0.3 is 35.0 Å². The van der Waals surface area contributed by atoms with Crippen molar-refractivity contribution in [1.82, 2.24) is 0 Å². The third-order valence-corrected chi connectivity index (χ3v) is 7.77. The summed E-state index contributed by atoms with van der Waals surface area (Å²) in [7, 11) is -11.0. The molecule has 0 heterocycles. The van der Waals surface area contributed by atoms with Crippen molar-refractivity contribution in [3.8, 4) is 0 Å². The molecular formula is C9H20NNaO7P2. The summed E-state index contributed by atoms with van der Waals surface area (Å²) in [5.74, 6) is -0.914. The van der Waals surface area contributed by atoms with Gasteiger partial charge in [-0.25, -0.2) is 0 Å². The normalized spacial score (nSPS) is 29.9. The maximum atomic E-state index is 11.3. The van der Waals surface area contributed by atoms with Crippen LogP contribution >= 0.6 is 15.2 Å². The fourth-order valence-electron chi connectivity index (χ4n) is 2.71. The Morgan fingerprint density at radius 2 is 1.60 bits per heavy atom. The largest absolute Gasteiger partial charge is 1.00 e. The number of hydrogen-bond donors (Lipinski definition) is 5. The predicted octanol–water partition coefficient (Wildman–Crippen LogP) is -3.48. The molecule has 6 N–H and O–H groups in total. The molecule has 0 aromatic rings. The first kappa shape index (κ1) is 21.2. The fourth-order valence-corrected chi connectivity index (χ4v) is 5.48. The van der Waals surface area contributed by atoms with Crippen LogP contribution in [0.25, 0.3) is 0 Å². The standard InChI is InChI=1S/C9H21NO7P2.Na/c10-6-5-7-1-3-8(4-2-7)9(11,18(12,13)14)19(15,16)17;/h7-8,11H,1-6,10H2,(H2,12,13,14)(H2,15,16,17);/q;+1/p-1. The molecule has 11 heteroatoms. The molecule has 0 bridgehead atoms. The van der Waals surface area contributed by atoms with Crippen molar-refractivity contribution in [2.24, 2.45) is 17.6 Å². The minimum atomic E-state index is -5.60. The van der Waals surface area contributed by atoms with Gasteiger partial charge >= 0.3 is 37.2 Å². The van der Waals surface area contributed by atoms with Crippen LogP contribution in [0.4, 0.5) is 0 Å². The zero-order valence-corrected chi connectivity index (χ0v) is 15.2. The quantitative estimate of drug-likeness (QED) is 0.254. The summed E-state index contributed by atoms with van der Waals surface area (Å²) in [5.41, 5.74) is 5.41. The summed E-state index contributed by atoms with van der Waals surface area (Å²) in [6.45, 7) is 0.484. The molecule has 2 atom stereocenters. The Labute approximate surface area is 139 Å². The van der Waals surface area contributed by atoms with E-state index in [2.05, 4.69) is 0 Å². The van der Waals surface area contributed by atoms with Crippen LogP contribution in [0.3, 0.4) is 0 Å². The van der Waals surface area contributed by atoms with Gasteiger partial charge in [-0.15, -0.1) is 0 Å². The number of nitrogens with two attached hydrogens (primary N) is 1. The molecule has 1 saturated carbocycles. The summed E-state index contributed by atoms with van der Waals surface area (Å²) < 4.78 is 22.5. The molecule has 114 valence electrons. The molecule has 1 fully saturated rings. The monoisotopic (exact) mass is 339 g/mol. The molecule has 0 radical (unpaired) electrons. The Hall–Kier alpha value is 1.22. The van der Waals surface area contributed by atoms with Crippen molar-refractivity contribution in [2.75, 3.05) is 6.54 Å². The minimum absolute atomic E-state index is 0. The molecule has 2 unspecified atom stereocenters. The zero-order chi connectivity index (χ0) is 14.9. The Morgan fingerprint density at radius 3 is 1.90 bits per heavy atom. The maximum absolute atomic E-state index is 11.3. The molecule has 8 nitrogen and oxygen atoms in total. The van der Waals surface area contributed by atoms with E-state index in [0.717, 1.165) is 6.42 Å². The van der Waals surface area contributed by atoms with Crippen molar-refractivity contribution >= 4 is 15.2 Å². The average molecular weight is 339 g/mol. The van der Waals surface area contributed by atoms with Gasteiger partial charge in [0.15, 0.2) is 7.60 Å². The molecule has 1 aliphatic carbocycles. The summed E-state index contributed by atoms with van der Waals surface area (Å²) >= 11 is 0. The second-order valence-electron chi connectivity index (χ2n) is 5.05. The van der Waals surface area contributed by atoms with Crippen molar-refractivity contribution in [3.05, 3.63) is 0 Å². The molecule has 0 aromatic carbocycles. The van der Waals surface area contributed by atoms with Crippen molar-refractivity contribution in [3.63, 3.8) is 0 Å². The molecule has 1 rings (SSSR count). The van der Waals surface area contributed by atoms with E-state index in [1.54, 1.807) is 0 Å². The van der Waals surface area contributed by atoms with Gasteiger partial charge in [-0.2, -0.15) is 0 Å². The van der Waals surface area contributed by atoms with Gasteiger partial charge in [0, 0.05) is 5.92 Å².